The number of hydrogen-bond donors (Lipinski definition) is 0. The summed E-state index contributed by atoms with van der Waals surface area (Å²) in [7, 11) is 0. The van der Waals surface area contributed by atoms with Gasteiger partial charge in [0.05, 0.1) is 5.75 Å². The Morgan fingerprint density at radius 2 is 1.86 bits per heavy atom. The first-order chi connectivity index (χ1) is 10.2. The number of likely N-dealkylation sites (tertiary alicyclic amines) is 1. The molecule has 0 spiro atoms. The molecule has 1 fully saturated rings. The van der Waals surface area contributed by atoms with Gasteiger partial charge in [-0.2, -0.15) is 0 Å². The summed E-state index contributed by atoms with van der Waals surface area (Å²) in [5.74, 6) is 1.62. The van der Waals surface area contributed by atoms with E-state index in [1.807, 2.05) is 11.8 Å². The van der Waals surface area contributed by atoms with E-state index in [4.69, 9.17) is 0 Å². The van der Waals surface area contributed by atoms with Crippen molar-refractivity contribution in [3.63, 3.8) is 0 Å². The van der Waals surface area contributed by atoms with Crippen molar-refractivity contribution in [2.45, 2.75) is 56.9 Å². The van der Waals surface area contributed by atoms with Crippen LogP contribution in [-0.2, 0) is 17.6 Å². The van der Waals surface area contributed by atoms with Gasteiger partial charge in [-0.3, -0.25) is 4.79 Å². The van der Waals surface area contributed by atoms with Crippen molar-refractivity contribution in [1.29, 1.82) is 0 Å². The van der Waals surface area contributed by atoms with E-state index in [1.165, 1.54) is 30.5 Å². The van der Waals surface area contributed by atoms with Gasteiger partial charge in [0, 0.05) is 24.3 Å². The topological polar surface area (TPSA) is 46.1 Å². The molecule has 21 heavy (non-hydrogen) atoms. The number of carbonyl (C=O) groups is 1. The Bertz CT molecular complexity index is 524. The number of aromatic nitrogens is 2. The van der Waals surface area contributed by atoms with E-state index in [0.717, 1.165) is 49.6 Å². The summed E-state index contributed by atoms with van der Waals surface area (Å²) in [6, 6.07) is 0. The molecule has 1 saturated heterocycles. The predicted molar refractivity (Wildman–Crippen MR) is 84.6 cm³/mol. The van der Waals surface area contributed by atoms with Gasteiger partial charge in [0.15, 0.2) is 0 Å². The number of amides is 1. The van der Waals surface area contributed by atoms with Crippen molar-refractivity contribution in [2.24, 2.45) is 0 Å². The van der Waals surface area contributed by atoms with E-state index < -0.39 is 0 Å². The van der Waals surface area contributed by atoms with Gasteiger partial charge in [-0.1, -0.05) is 24.6 Å². The van der Waals surface area contributed by atoms with Gasteiger partial charge in [0.25, 0.3) is 0 Å². The van der Waals surface area contributed by atoms with Crippen LogP contribution in [0.5, 0.6) is 0 Å². The third-order valence-electron chi connectivity index (χ3n) is 4.30. The second-order valence-electron chi connectivity index (χ2n) is 5.94. The normalized spacial score (nSPS) is 18.4. The van der Waals surface area contributed by atoms with E-state index in [2.05, 4.69) is 9.97 Å². The molecule has 114 valence electrons. The lowest BCUT2D eigenvalue weighted by atomic mass is 10.2. The number of aryl methyl sites for hydroxylation is 2. The van der Waals surface area contributed by atoms with Crippen LogP contribution in [0.1, 0.15) is 49.2 Å². The van der Waals surface area contributed by atoms with Crippen molar-refractivity contribution in [1.82, 2.24) is 14.9 Å². The van der Waals surface area contributed by atoms with Gasteiger partial charge in [-0.15, -0.1) is 0 Å². The van der Waals surface area contributed by atoms with Crippen molar-refractivity contribution < 1.29 is 4.79 Å². The minimum atomic E-state index is 0.268. The Hall–Kier alpha value is -1.10. The highest BCUT2D eigenvalue weighted by atomic mass is 32.2. The first-order valence-corrected chi connectivity index (χ1v) is 8.99. The zero-order valence-corrected chi connectivity index (χ0v) is 13.5. The minimum absolute atomic E-state index is 0.268. The summed E-state index contributed by atoms with van der Waals surface area (Å²) in [4.78, 5) is 23.5. The average Bonchev–Trinajstić information content (AvgIpc) is 2.77. The lowest BCUT2D eigenvalue weighted by Crippen LogP contribution is -2.33. The summed E-state index contributed by atoms with van der Waals surface area (Å²) in [6.07, 6.45) is 8.12. The molecule has 5 heteroatoms. The molecule has 0 atom stereocenters. The van der Waals surface area contributed by atoms with E-state index in [1.54, 1.807) is 11.8 Å². The Morgan fingerprint density at radius 1 is 1.10 bits per heavy atom. The Labute approximate surface area is 130 Å². The van der Waals surface area contributed by atoms with Crippen LogP contribution in [-0.4, -0.2) is 39.6 Å². The molecule has 3 rings (SSSR count). The number of carbonyl (C=O) groups excluding carboxylic acids is 1. The fourth-order valence-electron chi connectivity index (χ4n) is 3.18. The van der Waals surface area contributed by atoms with E-state index in [-0.39, 0.29) is 5.91 Å². The molecule has 2 heterocycles. The fraction of sp³-hybridized carbons (Fsp3) is 0.688. The second-order valence-corrected chi connectivity index (χ2v) is 6.90. The Kier molecular flexibility index (Phi) is 4.78. The van der Waals surface area contributed by atoms with E-state index >= 15 is 0 Å². The van der Waals surface area contributed by atoms with Gasteiger partial charge in [0.1, 0.15) is 10.9 Å². The first-order valence-electron chi connectivity index (χ1n) is 8.01. The zero-order valence-electron chi connectivity index (χ0n) is 12.7. The van der Waals surface area contributed by atoms with Gasteiger partial charge >= 0.3 is 0 Å². The molecule has 0 radical (unpaired) electrons. The first kappa shape index (κ1) is 14.8. The summed E-state index contributed by atoms with van der Waals surface area (Å²) < 4.78 is 0. The largest absolute Gasteiger partial charge is 0.342 e. The highest BCUT2D eigenvalue weighted by Crippen LogP contribution is 2.29. The van der Waals surface area contributed by atoms with Crippen LogP contribution in [0.2, 0.25) is 0 Å². The molecule has 0 unspecified atom stereocenters. The van der Waals surface area contributed by atoms with Gasteiger partial charge in [-0.05, 0) is 39.0 Å². The van der Waals surface area contributed by atoms with Crippen LogP contribution < -0.4 is 0 Å². The molecule has 1 aromatic heterocycles. The van der Waals surface area contributed by atoms with Crippen molar-refractivity contribution in [2.75, 3.05) is 18.8 Å². The van der Waals surface area contributed by atoms with Gasteiger partial charge in [-0.25, -0.2) is 9.97 Å². The highest BCUT2D eigenvalue weighted by molar-refractivity contribution is 7.99. The predicted octanol–water partition coefficient (Wildman–Crippen LogP) is 2.77. The lowest BCUT2D eigenvalue weighted by Gasteiger charge is -2.20. The van der Waals surface area contributed by atoms with Crippen LogP contribution in [0, 0.1) is 6.92 Å². The number of nitrogens with zero attached hydrogens (tertiary/aromatic N) is 3. The quantitative estimate of drug-likeness (QED) is 0.636. The van der Waals surface area contributed by atoms with Gasteiger partial charge < -0.3 is 4.90 Å². The molecule has 4 nitrogen and oxygen atoms in total. The van der Waals surface area contributed by atoms with Crippen molar-refractivity contribution in [3.05, 3.63) is 17.1 Å². The average molecular weight is 305 g/mol. The maximum absolute atomic E-state index is 12.4. The summed E-state index contributed by atoms with van der Waals surface area (Å²) in [5, 5.41) is 1.04. The zero-order chi connectivity index (χ0) is 14.7. The van der Waals surface area contributed by atoms with Crippen molar-refractivity contribution >= 4 is 17.7 Å². The molecular weight excluding hydrogens is 282 g/mol. The van der Waals surface area contributed by atoms with Crippen LogP contribution in [0.25, 0.3) is 0 Å². The maximum Gasteiger partial charge on any atom is 0.232 e. The molecule has 1 aromatic rings. The maximum atomic E-state index is 12.4. The molecule has 1 amide bonds. The molecule has 0 aromatic carbocycles. The van der Waals surface area contributed by atoms with Crippen LogP contribution in [0.15, 0.2) is 5.03 Å². The minimum Gasteiger partial charge on any atom is -0.342 e. The van der Waals surface area contributed by atoms with Crippen LogP contribution in [0.4, 0.5) is 0 Å². The Morgan fingerprint density at radius 3 is 2.62 bits per heavy atom. The molecule has 0 N–H and O–H groups in total. The monoisotopic (exact) mass is 305 g/mol. The summed E-state index contributed by atoms with van der Waals surface area (Å²) in [5.41, 5.74) is 2.49. The lowest BCUT2D eigenvalue weighted by molar-refractivity contribution is -0.128. The molecule has 1 aliphatic carbocycles. The molecule has 1 aliphatic heterocycles. The van der Waals surface area contributed by atoms with Crippen molar-refractivity contribution in [3.8, 4) is 0 Å². The molecule has 0 bridgehead atoms. The summed E-state index contributed by atoms with van der Waals surface area (Å²) in [6.45, 7) is 3.81. The van der Waals surface area contributed by atoms with Gasteiger partial charge in [0.2, 0.25) is 5.91 Å². The van der Waals surface area contributed by atoms with Crippen LogP contribution in [0.3, 0.4) is 0 Å². The number of fused-ring (bicyclic) bond motifs is 1. The molecule has 0 saturated carbocycles. The van der Waals surface area contributed by atoms with E-state index in [0.29, 0.717) is 5.75 Å². The SMILES string of the molecule is Cc1nc2c(c(SCC(=O)N3CCCCCC3)n1)CCC2. The molecule has 2 aliphatic rings. The smallest absolute Gasteiger partial charge is 0.232 e. The summed E-state index contributed by atoms with van der Waals surface area (Å²) >= 11 is 1.61. The third-order valence-corrected chi connectivity index (χ3v) is 5.30. The fourth-order valence-corrected chi connectivity index (χ4v) is 4.21. The Balaban J connectivity index is 1.63. The number of hydrogen-bond acceptors (Lipinski definition) is 4. The number of thioether (sulfide) groups is 1. The number of rotatable bonds is 3. The van der Waals surface area contributed by atoms with Crippen LogP contribution >= 0.6 is 11.8 Å². The standard InChI is InChI=1S/C16H23N3OS/c1-12-17-14-8-6-7-13(14)16(18-12)21-11-15(20)19-9-4-2-3-5-10-19/h2-11H2,1H3. The van der Waals surface area contributed by atoms with E-state index in [9.17, 15) is 4.79 Å². The highest BCUT2D eigenvalue weighted by Gasteiger charge is 2.21. The second kappa shape index (κ2) is 6.77. The molecular formula is C16H23N3OS. The third kappa shape index (κ3) is 3.57.